The number of carbonyl (C=O) groups is 6. The van der Waals surface area contributed by atoms with Gasteiger partial charge in [-0.05, 0) is 0 Å². The van der Waals surface area contributed by atoms with Crippen molar-refractivity contribution in [2.24, 2.45) is 0 Å². The summed E-state index contributed by atoms with van der Waals surface area (Å²) in [6, 6.07) is 0. The Hall–Kier alpha value is -3.42. The number of carboxylic acid groups (broad SMARTS) is 6. The van der Waals surface area contributed by atoms with Gasteiger partial charge in [-0.1, -0.05) is 0 Å². The lowest BCUT2D eigenvalue weighted by atomic mass is 10.3. The third-order valence-electron chi connectivity index (χ3n) is 2.38. The van der Waals surface area contributed by atoms with Crippen molar-refractivity contribution in [3.05, 3.63) is 0 Å². The molecule has 0 aliphatic rings. The molecular weight excluding hydrogens is 468 g/mol. The monoisotopic (exact) mass is 494 g/mol. The Morgan fingerprint density at radius 1 is 0.455 bits per heavy atom. The molecule has 0 aromatic rings. The second kappa shape index (κ2) is 21.8. The summed E-state index contributed by atoms with van der Waals surface area (Å²) in [6.45, 7) is -0.729. The number of rotatable bonds is 11. The third-order valence-corrected chi connectivity index (χ3v) is 2.38. The van der Waals surface area contributed by atoms with Gasteiger partial charge in [0.05, 0.1) is 32.5 Å². The quantitative estimate of drug-likeness (QED) is 0.128. The van der Waals surface area contributed by atoms with E-state index >= 15 is 0 Å². The topological polar surface area (TPSA) is 345 Å². The number of aliphatic hydroxyl groups excluding tert-OH is 6. The zero-order valence-electron chi connectivity index (χ0n) is 16.7. The number of aliphatic carboxylic acids is 6. The van der Waals surface area contributed by atoms with Crippen molar-refractivity contribution in [1.82, 2.24) is 0 Å². The molecule has 33 heavy (non-hydrogen) atoms. The average molecular weight is 494 g/mol. The highest BCUT2D eigenvalue weighted by Gasteiger charge is 2.17. The van der Waals surface area contributed by atoms with Crippen LogP contribution in [0.4, 0.5) is 0 Å². The SMILES string of the molecule is O=C(O)CC(O)C(=O)O.O=C(O)CC(O)C(=O)O.O=C(O)CC(O)C(=O)O.OCC(O)CO. The summed E-state index contributed by atoms with van der Waals surface area (Å²) in [7, 11) is 0. The molecule has 12 N–H and O–H groups in total. The Kier molecular flexibility index (Phi) is 24.4. The van der Waals surface area contributed by atoms with Crippen LogP contribution in [0.5, 0.6) is 0 Å². The van der Waals surface area contributed by atoms with Gasteiger partial charge in [-0.2, -0.15) is 0 Å². The number of hydrogen-bond acceptors (Lipinski definition) is 12. The molecule has 3 unspecified atom stereocenters. The zero-order valence-corrected chi connectivity index (χ0v) is 16.7. The van der Waals surface area contributed by atoms with Crippen LogP contribution in [-0.2, 0) is 28.8 Å². The van der Waals surface area contributed by atoms with Gasteiger partial charge in [-0.15, -0.1) is 0 Å². The van der Waals surface area contributed by atoms with Gasteiger partial charge in [0.1, 0.15) is 6.10 Å². The molecule has 0 rings (SSSR count). The van der Waals surface area contributed by atoms with Gasteiger partial charge in [-0.25, -0.2) is 14.4 Å². The van der Waals surface area contributed by atoms with E-state index < -0.39 is 79.5 Å². The predicted octanol–water partition coefficient (Wildman–Crippen LogP) is -4.95. The lowest BCUT2D eigenvalue weighted by molar-refractivity contribution is -0.153. The fourth-order valence-electron chi connectivity index (χ4n) is 0.816. The first kappa shape index (κ1) is 36.9. The van der Waals surface area contributed by atoms with E-state index in [1.807, 2.05) is 0 Å². The minimum absolute atomic E-state index is 0.365. The Morgan fingerprint density at radius 2 is 0.636 bits per heavy atom. The van der Waals surface area contributed by atoms with Crippen molar-refractivity contribution in [2.75, 3.05) is 13.2 Å². The van der Waals surface area contributed by atoms with Crippen LogP contribution in [-0.4, -0.2) is 135 Å². The molecule has 0 amide bonds. The van der Waals surface area contributed by atoms with Crippen LogP contribution in [0.2, 0.25) is 0 Å². The molecule has 194 valence electrons. The normalized spacial score (nSPS) is 12.1. The minimum Gasteiger partial charge on any atom is -0.481 e. The predicted molar refractivity (Wildman–Crippen MR) is 97.9 cm³/mol. The first-order valence-electron chi connectivity index (χ1n) is 8.20. The highest BCUT2D eigenvalue weighted by Crippen LogP contribution is 1.90. The molecule has 18 nitrogen and oxygen atoms in total. The van der Waals surface area contributed by atoms with Crippen LogP contribution in [0.15, 0.2) is 0 Å². The van der Waals surface area contributed by atoms with Crippen molar-refractivity contribution in [1.29, 1.82) is 0 Å². The average Bonchev–Trinajstić information content (AvgIpc) is 2.67. The van der Waals surface area contributed by atoms with Crippen LogP contribution >= 0.6 is 0 Å². The molecule has 18 heteroatoms. The van der Waals surface area contributed by atoms with Crippen molar-refractivity contribution in [3.63, 3.8) is 0 Å². The molecular formula is C15H26O18. The molecule has 0 saturated heterocycles. The van der Waals surface area contributed by atoms with E-state index in [1.165, 1.54) is 0 Å². The minimum atomic E-state index is -1.79. The highest BCUT2D eigenvalue weighted by atomic mass is 16.4. The van der Waals surface area contributed by atoms with E-state index in [-0.39, 0.29) is 13.2 Å². The molecule has 0 heterocycles. The number of aliphatic hydroxyl groups is 6. The highest BCUT2D eigenvalue weighted by molar-refractivity contribution is 5.80. The molecule has 0 aromatic carbocycles. The fraction of sp³-hybridized carbons (Fsp3) is 0.600. The molecule has 0 saturated carbocycles. The summed E-state index contributed by atoms with van der Waals surface area (Å²) in [6.07, 6.45) is -8.59. The van der Waals surface area contributed by atoms with E-state index in [2.05, 4.69) is 0 Å². The summed E-state index contributed by atoms with van der Waals surface area (Å²) in [5.74, 6) is -8.54. The van der Waals surface area contributed by atoms with Gasteiger partial charge >= 0.3 is 35.8 Å². The van der Waals surface area contributed by atoms with E-state index in [0.29, 0.717) is 0 Å². The van der Waals surface area contributed by atoms with Gasteiger partial charge in [0, 0.05) is 0 Å². The fourth-order valence-corrected chi connectivity index (χ4v) is 0.816. The van der Waals surface area contributed by atoms with Gasteiger partial charge in [0.2, 0.25) is 0 Å². The molecule has 3 atom stereocenters. The van der Waals surface area contributed by atoms with Crippen LogP contribution < -0.4 is 0 Å². The Bertz CT molecular complexity index is 536. The first-order chi connectivity index (χ1) is 14.9. The second-order valence-corrected chi connectivity index (χ2v) is 5.37. The lowest BCUT2D eigenvalue weighted by Gasteiger charge is -1.97. The summed E-state index contributed by atoms with van der Waals surface area (Å²) in [5, 5.41) is 96.4. The maximum Gasteiger partial charge on any atom is 0.333 e. The zero-order chi connectivity index (χ0) is 27.3. The van der Waals surface area contributed by atoms with Crippen LogP contribution in [0, 0.1) is 0 Å². The van der Waals surface area contributed by atoms with Crippen LogP contribution in [0.1, 0.15) is 19.3 Å². The molecule has 0 aliphatic carbocycles. The molecule has 0 bridgehead atoms. The smallest absolute Gasteiger partial charge is 0.333 e. The molecule has 0 spiro atoms. The van der Waals surface area contributed by atoms with Gasteiger partial charge < -0.3 is 61.3 Å². The van der Waals surface area contributed by atoms with Crippen molar-refractivity contribution >= 4 is 35.8 Å². The Balaban J connectivity index is -0.000000172. The molecule has 0 aliphatic heterocycles. The Labute approximate surface area is 183 Å². The van der Waals surface area contributed by atoms with Crippen LogP contribution in [0.3, 0.4) is 0 Å². The van der Waals surface area contributed by atoms with Crippen molar-refractivity contribution < 1.29 is 90.0 Å². The number of carboxylic acids is 6. The van der Waals surface area contributed by atoms with Gasteiger partial charge in [-0.3, -0.25) is 14.4 Å². The second-order valence-electron chi connectivity index (χ2n) is 5.37. The number of hydrogen-bond donors (Lipinski definition) is 12. The summed E-state index contributed by atoms with van der Waals surface area (Å²) < 4.78 is 0. The molecule has 0 radical (unpaired) electrons. The van der Waals surface area contributed by atoms with E-state index in [4.69, 9.17) is 61.3 Å². The Morgan fingerprint density at radius 3 is 0.667 bits per heavy atom. The summed E-state index contributed by atoms with van der Waals surface area (Å²) in [5.41, 5.74) is 0. The molecule has 0 fully saturated rings. The van der Waals surface area contributed by atoms with Gasteiger partial charge in [0.15, 0.2) is 18.3 Å². The first-order valence-corrected chi connectivity index (χ1v) is 8.20. The van der Waals surface area contributed by atoms with Crippen molar-refractivity contribution in [3.8, 4) is 0 Å². The lowest BCUT2D eigenvalue weighted by Crippen LogP contribution is -2.22. The van der Waals surface area contributed by atoms with Gasteiger partial charge in [0.25, 0.3) is 0 Å². The largest absolute Gasteiger partial charge is 0.481 e. The van der Waals surface area contributed by atoms with Crippen molar-refractivity contribution in [2.45, 2.75) is 43.7 Å². The standard InChI is InChI=1S/3C4H6O5.C3H8O3/c3*5-2(4(8)9)1-3(6)7;4-1-3(6)2-5/h3*2,5H,1H2,(H,6,7)(H,8,9);3-6H,1-2H2. The maximum atomic E-state index is 9.72. The summed E-state index contributed by atoms with van der Waals surface area (Å²) >= 11 is 0. The summed E-state index contributed by atoms with van der Waals surface area (Å²) in [4.78, 5) is 58.2. The van der Waals surface area contributed by atoms with E-state index in [0.717, 1.165) is 0 Å². The van der Waals surface area contributed by atoms with Crippen LogP contribution in [0.25, 0.3) is 0 Å². The van der Waals surface area contributed by atoms with E-state index in [1.54, 1.807) is 0 Å². The maximum absolute atomic E-state index is 9.72. The third kappa shape index (κ3) is 33.4. The molecule has 0 aromatic heterocycles. The van der Waals surface area contributed by atoms with E-state index in [9.17, 15) is 28.8 Å².